The Bertz CT molecular complexity index is 644. The van der Waals surface area contributed by atoms with E-state index in [2.05, 4.69) is 46.2 Å². The predicted octanol–water partition coefficient (Wildman–Crippen LogP) is 5.32. The molecule has 0 radical (unpaired) electrons. The number of unbranched alkanes of at least 4 members (excludes halogenated alkanes) is 7. The Kier molecular flexibility index (Phi) is 8.74. The molecule has 0 amide bonds. The number of nitrogen functional groups attached to an aromatic ring is 1. The SMILES string of the molecule is CCCCCCCCCCC1N=NN(c2ccc(C)cc2N)C1N1CCOCC1. The predicted molar refractivity (Wildman–Crippen MR) is 120 cm³/mol. The molecule has 6 nitrogen and oxygen atoms in total. The fraction of sp³-hybridized carbons (Fsp3) is 0.739. The minimum atomic E-state index is 0.147. The average Bonchev–Trinajstić information content (AvgIpc) is 3.14. The second-order valence-electron chi connectivity index (χ2n) is 8.50. The summed E-state index contributed by atoms with van der Waals surface area (Å²) in [5, 5.41) is 11.3. The smallest absolute Gasteiger partial charge is 0.131 e. The van der Waals surface area contributed by atoms with Crippen molar-refractivity contribution in [2.75, 3.05) is 37.0 Å². The molecule has 29 heavy (non-hydrogen) atoms. The van der Waals surface area contributed by atoms with Gasteiger partial charge in [0.1, 0.15) is 12.2 Å². The first-order valence-corrected chi connectivity index (χ1v) is 11.6. The molecule has 0 spiro atoms. The first kappa shape index (κ1) is 22.0. The molecule has 0 saturated carbocycles. The van der Waals surface area contributed by atoms with Gasteiger partial charge in [-0.15, -0.1) is 0 Å². The lowest BCUT2D eigenvalue weighted by Crippen LogP contribution is -2.53. The summed E-state index contributed by atoms with van der Waals surface area (Å²) >= 11 is 0. The summed E-state index contributed by atoms with van der Waals surface area (Å²) in [6.45, 7) is 7.74. The number of aryl methyl sites for hydroxylation is 1. The van der Waals surface area contributed by atoms with Gasteiger partial charge in [0.2, 0.25) is 0 Å². The van der Waals surface area contributed by atoms with Crippen molar-refractivity contribution >= 4 is 11.4 Å². The second-order valence-corrected chi connectivity index (χ2v) is 8.50. The molecular weight excluding hydrogens is 362 g/mol. The maximum absolute atomic E-state index is 6.34. The van der Waals surface area contributed by atoms with Gasteiger partial charge in [-0.25, -0.2) is 5.01 Å². The normalized spacial score (nSPS) is 22.5. The number of morpholine rings is 1. The van der Waals surface area contributed by atoms with Crippen LogP contribution < -0.4 is 10.7 Å². The van der Waals surface area contributed by atoms with Crippen molar-refractivity contribution in [1.82, 2.24) is 4.90 Å². The molecule has 1 fully saturated rings. The third-order valence-corrected chi connectivity index (χ3v) is 6.09. The molecule has 2 aliphatic rings. The molecule has 2 heterocycles. The lowest BCUT2D eigenvalue weighted by molar-refractivity contribution is 0.0135. The second kappa shape index (κ2) is 11.5. The van der Waals surface area contributed by atoms with Gasteiger partial charge in [-0.1, -0.05) is 69.6 Å². The summed E-state index contributed by atoms with van der Waals surface area (Å²) in [6.07, 6.45) is 11.9. The number of hydrogen-bond acceptors (Lipinski definition) is 6. The highest BCUT2D eigenvalue weighted by Crippen LogP contribution is 2.34. The van der Waals surface area contributed by atoms with E-state index in [4.69, 9.17) is 10.5 Å². The number of rotatable bonds is 11. The van der Waals surface area contributed by atoms with Crippen molar-refractivity contribution in [3.63, 3.8) is 0 Å². The molecule has 6 heteroatoms. The van der Waals surface area contributed by atoms with Crippen molar-refractivity contribution in [1.29, 1.82) is 0 Å². The molecule has 3 rings (SSSR count). The van der Waals surface area contributed by atoms with Crippen LogP contribution in [0.5, 0.6) is 0 Å². The van der Waals surface area contributed by atoms with Crippen LogP contribution in [0, 0.1) is 6.92 Å². The van der Waals surface area contributed by atoms with E-state index in [0.29, 0.717) is 0 Å². The molecule has 0 bridgehead atoms. The first-order chi connectivity index (χ1) is 14.2. The molecule has 2 unspecified atom stereocenters. The monoisotopic (exact) mass is 401 g/mol. The van der Waals surface area contributed by atoms with Crippen LogP contribution in [0.25, 0.3) is 0 Å². The lowest BCUT2D eigenvalue weighted by atomic mass is 10.0. The van der Waals surface area contributed by atoms with Crippen LogP contribution in [0.15, 0.2) is 28.5 Å². The number of hydrogen-bond donors (Lipinski definition) is 1. The summed E-state index contributed by atoms with van der Waals surface area (Å²) in [6, 6.07) is 6.40. The number of nitrogens with zero attached hydrogens (tertiary/aromatic N) is 4. The number of ether oxygens (including phenoxy) is 1. The third kappa shape index (κ3) is 6.16. The van der Waals surface area contributed by atoms with Crippen LogP contribution in [-0.2, 0) is 4.74 Å². The zero-order valence-electron chi connectivity index (χ0n) is 18.4. The zero-order valence-corrected chi connectivity index (χ0v) is 18.4. The van der Waals surface area contributed by atoms with Gasteiger partial charge >= 0.3 is 0 Å². The first-order valence-electron chi connectivity index (χ1n) is 11.6. The summed E-state index contributed by atoms with van der Waals surface area (Å²) in [4.78, 5) is 2.47. The van der Waals surface area contributed by atoms with Gasteiger partial charge in [-0.2, -0.15) is 5.11 Å². The standard InChI is InChI=1S/C23H39N5O/c1-3-4-5-6-7-8-9-10-11-21-23(27-14-16-29-17-15-27)28(26-25-21)22-13-12-19(2)18-20(22)24/h12-13,18,21,23H,3-11,14-17,24H2,1-2H3. The van der Waals surface area contributed by atoms with E-state index in [1.54, 1.807) is 0 Å². The van der Waals surface area contributed by atoms with Gasteiger partial charge in [0.15, 0.2) is 0 Å². The van der Waals surface area contributed by atoms with Crippen LogP contribution in [0.4, 0.5) is 11.4 Å². The van der Waals surface area contributed by atoms with E-state index >= 15 is 0 Å². The Morgan fingerprint density at radius 3 is 2.41 bits per heavy atom. The van der Waals surface area contributed by atoms with Gasteiger partial charge in [0, 0.05) is 13.1 Å². The summed E-state index contributed by atoms with van der Waals surface area (Å²) < 4.78 is 5.58. The summed E-state index contributed by atoms with van der Waals surface area (Å²) in [7, 11) is 0. The van der Waals surface area contributed by atoms with E-state index in [0.717, 1.165) is 44.1 Å². The Morgan fingerprint density at radius 2 is 1.72 bits per heavy atom. The van der Waals surface area contributed by atoms with Crippen molar-refractivity contribution in [2.24, 2.45) is 10.3 Å². The molecule has 1 saturated heterocycles. The maximum Gasteiger partial charge on any atom is 0.131 e. The van der Waals surface area contributed by atoms with Crippen molar-refractivity contribution in [2.45, 2.75) is 83.8 Å². The van der Waals surface area contributed by atoms with E-state index in [9.17, 15) is 0 Å². The van der Waals surface area contributed by atoms with Crippen LogP contribution in [0.3, 0.4) is 0 Å². The molecular formula is C23H39N5O. The van der Waals surface area contributed by atoms with E-state index in [-0.39, 0.29) is 12.2 Å². The van der Waals surface area contributed by atoms with Gasteiger partial charge in [0.05, 0.1) is 24.6 Å². The maximum atomic E-state index is 6.34. The highest BCUT2D eigenvalue weighted by molar-refractivity contribution is 5.68. The molecule has 2 aliphatic heterocycles. The van der Waals surface area contributed by atoms with Crippen LogP contribution in [-0.4, -0.2) is 43.4 Å². The van der Waals surface area contributed by atoms with Gasteiger partial charge < -0.3 is 10.5 Å². The number of nitrogens with two attached hydrogens (primary N) is 1. The fourth-order valence-corrected chi connectivity index (χ4v) is 4.40. The van der Waals surface area contributed by atoms with Crippen molar-refractivity contribution in [3.8, 4) is 0 Å². The minimum absolute atomic E-state index is 0.147. The zero-order chi connectivity index (χ0) is 20.5. The Hall–Kier alpha value is -1.66. The molecule has 2 atom stereocenters. The van der Waals surface area contributed by atoms with E-state index < -0.39 is 0 Å². The molecule has 0 aromatic heterocycles. The molecule has 2 N–H and O–H groups in total. The summed E-state index contributed by atoms with van der Waals surface area (Å²) in [5.74, 6) is 0. The van der Waals surface area contributed by atoms with E-state index in [1.165, 1.54) is 56.9 Å². The van der Waals surface area contributed by atoms with Gasteiger partial charge in [0.25, 0.3) is 0 Å². The van der Waals surface area contributed by atoms with Crippen LogP contribution >= 0.6 is 0 Å². The molecule has 162 valence electrons. The van der Waals surface area contributed by atoms with Gasteiger partial charge in [-0.3, -0.25) is 4.90 Å². The lowest BCUT2D eigenvalue weighted by Gasteiger charge is -2.38. The summed E-state index contributed by atoms with van der Waals surface area (Å²) in [5.41, 5.74) is 9.25. The highest BCUT2D eigenvalue weighted by Gasteiger charge is 2.39. The quantitative estimate of drug-likeness (QED) is 0.402. The number of anilines is 2. The average molecular weight is 402 g/mol. The largest absolute Gasteiger partial charge is 0.397 e. The molecule has 1 aromatic carbocycles. The minimum Gasteiger partial charge on any atom is -0.397 e. The van der Waals surface area contributed by atoms with Crippen LogP contribution in [0.2, 0.25) is 0 Å². The number of benzene rings is 1. The fourth-order valence-electron chi connectivity index (χ4n) is 4.40. The topological polar surface area (TPSA) is 66.5 Å². The highest BCUT2D eigenvalue weighted by atomic mass is 16.5. The van der Waals surface area contributed by atoms with Crippen LogP contribution in [0.1, 0.15) is 70.3 Å². The molecule has 0 aliphatic carbocycles. The Balaban J connectivity index is 1.57. The van der Waals surface area contributed by atoms with Crippen molar-refractivity contribution in [3.05, 3.63) is 23.8 Å². The Labute approximate surface area is 176 Å². The Morgan fingerprint density at radius 1 is 1.03 bits per heavy atom. The van der Waals surface area contributed by atoms with E-state index in [1.807, 2.05) is 6.07 Å². The third-order valence-electron chi connectivity index (χ3n) is 6.09. The molecule has 1 aromatic rings. The van der Waals surface area contributed by atoms with Gasteiger partial charge in [-0.05, 0) is 31.0 Å². The van der Waals surface area contributed by atoms with Crippen molar-refractivity contribution < 1.29 is 4.74 Å².